The molecule has 2 atom stereocenters. The van der Waals surface area contributed by atoms with Crippen molar-refractivity contribution in [3.63, 3.8) is 0 Å². The second kappa shape index (κ2) is 6.92. The average molecular weight is 263 g/mol. The molecule has 2 N–H and O–H groups in total. The number of aliphatic carboxylic acids is 1. The molecule has 19 heavy (non-hydrogen) atoms. The average Bonchev–Trinajstić information content (AvgIpc) is 2.36. The minimum Gasteiger partial charge on any atom is -0.480 e. The Hall–Kier alpha value is -1.84. The van der Waals surface area contributed by atoms with E-state index in [1.165, 1.54) is 6.92 Å². The lowest BCUT2D eigenvalue weighted by molar-refractivity contribution is -0.142. The Kier molecular flexibility index (Phi) is 5.55. The van der Waals surface area contributed by atoms with Crippen LogP contribution < -0.4 is 5.32 Å². The highest BCUT2D eigenvalue weighted by atomic mass is 16.4. The van der Waals surface area contributed by atoms with Crippen molar-refractivity contribution >= 4 is 11.9 Å². The third-order valence-corrected chi connectivity index (χ3v) is 3.17. The van der Waals surface area contributed by atoms with E-state index in [0.29, 0.717) is 6.42 Å². The van der Waals surface area contributed by atoms with Crippen LogP contribution in [-0.4, -0.2) is 23.0 Å². The Morgan fingerprint density at radius 3 is 2.21 bits per heavy atom. The third-order valence-electron chi connectivity index (χ3n) is 3.17. The van der Waals surface area contributed by atoms with Gasteiger partial charge in [0, 0.05) is 5.92 Å². The van der Waals surface area contributed by atoms with E-state index in [-0.39, 0.29) is 17.7 Å². The molecule has 0 fully saturated rings. The molecule has 0 saturated heterocycles. The summed E-state index contributed by atoms with van der Waals surface area (Å²) in [5.41, 5.74) is 1.08. The van der Waals surface area contributed by atoms with Crippen LogP contribution in [0.2, 0.25) is 0 Å². The minimum atomic E-state index is -1.02. The molecule has 4 heteroatoms. The van der Waals surface area contributed by atoms with Crippen molar-refractivity contribution in [1.29, 1.82) is 0 Å². The molecule has 0 aliphatic carbocycles. The van der Waals surface area contributed by atoms with Gasteiger partial charge < -0.3 is 10.4 Å². The van der Waals surface area contributed by atoms with Gasteiger partial charge in [0.05, 0.1) is 0 Å². The van der Waals surface area contributed by atoms with E-state index in [2.05, 4.69) is 5.32 Å². The fourth-order valence-corrected chi connectivity index (χ4v) is 1.88. The van der Waals surface area contributed by atoms with Crippen LogP contribution in [0.3, 0.4) is 0 Å². The van der Waals surface area contributed by atoms with Gasteiger partial charge in [-0.15, -0.1) is 0 Å². The molecule has 0 aliphatic rings. The predicted molar refractivity (Wildman–Crippen MR) is 73.7 cm³/mol. The van der Waals surface area contributed by atoms with Gasteiger partial charge in [0.2, 0.25) is 5.91 Å². The lowest BCUT2D eigenvalue weighted by Crippen LogP contribution is -2.43. The number of hydrogen-bond acceptors (Lipinski definition) is 2. The van der Waals surface area contributed by atoms with Crippen molar-refractivity contribution < 1.29 is 14.7 Å². The molecule has 0 aliphatic heterocycles. The first-order chi connectivity index (χ1) is 8.91. The predicted octanol–water partition coefficient (Wildman–Crippen LogP) is 2.09. The van der Waals surface area contributed by atoms with Crippen molar-refractivity contribution in [1.82, 2.24) is 5.32 Å². The maximum atomic E-state index is 12.1. The first kappa shape index (κ1) is 15.2. The molecule has 1 rings (SSSR count). The van der Waals surface area contributed by atoms with Crippen LogP contribution in [0.1, 0.15) is 26.3 Å². The van der Waals surface area contributed by atoms with Crippen LogP contribution >= 0.6 is 0 Å². The number of carboxylic acid groups (broad SMARTS) is 1. The molecule has 4 nitrogen and oxygen atoms in total. The van der Waals surface area contributed by atoms with Crippen molar-refractivity contribution in [3.8, 4) is 0 Å². The smallest absolute Gasteiger partial charge is 0.325 e. The van der Waals surface area contributed by atoms with Crippen molar-refractivity contribution in [3.05, 3.63) is 35.9 Å². The van der Waals surface area contributed by atoms with Gasteiger partial charge >= 0.3 is 5.97 Å². The van der Waals surface area contributed by atoms with Crippen molar-refractivity contribution in [2.45, 2.75) is 33.2 Å². The Bertz CT molecular complexity index is 428. The summed E-state index contributed by atoms with van der Waals surface area (Å²) >= 11 is 0. The Morgan fingerprint density at radius 2 is 1.74 bits per heavy atom. The maximum absolute atomic E-state index is 12.1. The van der Waals surface area contributed by atoms with Crippen LogP contribution in [0, 0.1) is 11.8 Å². The third kappa shape index (κ3) is 4.73. The Labute approximate surface area is 113 Å². The van der Waals surface area contributed by atoms with Gasteiger partial charge in [-0.25, -0.2) is 0 Å². The van der Waals surface area contributed by atoms with Gasteiger partial charge in [-0.1, -0.05) is 44.2 Å². The minimum absolute atomic E-state index is 0.154. The van der Waals surface area contributed by atoms with E-state index in [0.717, 1.165) is 5.56 Å². The summed E-state index contributed by atoms with van der Waals surface area (Å²) in [7, 11) is 0. The molecular formula is C15H21NO3. The highest BCUT2D eigenvalue weighted by molar-refractivity contribution is 5.85. The van der Waals surface area contributed by atoms with E-state index in [9.17, 15) is 9.59 Å². The summed E-state index contributed by atoms with van der Waals surface area (Å²) in [4.78, 5) is 22.9. The Balaban J connectivity index is 2.72. The molecule has 104 valence electrons. The van der Waals surface area contributed by atoms with E-state index in [1.54, 1.807) is 0 Å². The highest BCUT2D eigenvalue weighted by Gasteiger charge is 2.25. The molecule has 0 saturated carbocycles. The van der Waals surface area contributed by atoms with Gasteiger partial charge in [0.15, 0.2) is 0 Å². The molecule has 0 aromatic heterocycles. The van der Waals surface area contributed by atoms with Crippen LogP contribution in [0.25, 0.3) is 0 Å². The molecule has 1 aromatic carbocycles. The molecule has 1 aromatic rings. The zero-order valence-electron chi connectivity index (χ0n) is 11.6. The van der Waals surface area contributed by atoms with Gasteiger partial charge in [-0.3, -0.25) is 9.59 Å². The molecule has 1 amide bonds. The number of rotatable bonds is 6. The fraction of sp³-hybridized carbons (Fsp3) is 0.467. The molecule has 0 heterocycles. The quantitative estimate of drug-likeness (QED) is 0.826. The van der Waals surface area contributed by atoms with Crippen LogP contribution in [-0.2, 0) is 16.0 Å². The molecular weight excluding hydrogens is 242 g/mol. The largest absolute Gasteiger partial charge is 0.480 e. The number of carbonyl (C=O) groups excluding carboxylic acids is 1. The summed E-state index contributed by atoms with van der Waals surface area (Å²) < 4.78 is 0. The standard InChI is InChI=1S/C15H21NO3/c1-10(2)13(9-12-7-5-4-6-8-12)14(17)16-11(3)15(18)19/h4-8,10-11,13H,9H2,1-3H3,(H,16,17)(H,18,19). The zero-order valence-corrected chi connectivity index (χ0v) is 11.6. The van der Waals surface area contributed by atoms with Crippen LogP contribution in [0.15, 0.2) is 30.3 Å². The highest BCUT2D eigenvalue weighted by Crippen LogP contribution is 2.17. The molecule has 0 spiro atoms. The molecule has 0 bridgehead atoms. The number of nitrogens with one attached hydrogen (secondary N) is 1. The van der Waals surface area contributed by atoms with Gasteiger partial charge in [0.1, 0.15) is 6.04 Å². The van der Waals surface area contributed by atoms with E-state index >= 15 is 0 Å². The van der Waals surface area contributed by atoms with Crippen LogP contribution in [0.4, 0.5) is 0 Å². The second-order valence-corrected chi connectivity index (χ2v) is 5.11. The van der Waals surface area contributed by atoms with E-state index in [4.69, 9.17) is 5.11 Å². The van der Waals surface area contributed by atoms with Gasteiger partial charge in [-0.2, -0.15) is 0 Å². The topological polar surface area (TPSA) is 66.4 Å². The second-order valence-electron chi connectivity index (χ2n) is 5.11. The van der Waals surface area contributed by atoms with E-state index in [1.807, 2.05) is 44.2 Å². The lowest BCUT2D eigenvalue weighted by Gasteiger charge is -2.21. The lowest BCUT2D eigenvalue weighted by atomic mass is 9.88. The molecule has 2 unspecified atom stereocenters. The normalized spacial score (nSPS) is 13.9. The number of benzene rings is 1. The van der Waals surface area contributed by atoms with Crippen molar-refractivity contribution in [2.75, 3.05) is 0 Å². The van der Waals surface area contributed by atoms with E-state index < -0.39 is 12.0 Å². The fourth-order valence-electron chi connectivity index (χ4n) is 1.88. The number of amides is 1. The summed E-state index contributed by atoms with van der Waals surface area (Å²) in [5.74, 6) is -1.28. The van der Waals surface area contributed by atoms with Gasteiger partial charge in [-0.05, 0) is 24.8 Å². The van der Waals surface area contributed by atoms with Crippen molar-refractivity contribution in [2.24, 2.45) is 11.8 Å². The summed E-state index contributed by atoms with van der Waals surface area (Å²) in [6.07, 6.45) is 0.622. The molecule has 0 radical (unpaired) electrons. The first-order valence-electron chi connectivity index (χ1n) is 6.49. The maximum Gasteiger partial charge on any atom is 0.325 e. The Morgan fingerprint density at radius 1 is 1.16 bits per heavy atom. The first-order valence-corrected chi connectivity index (χ1v) is 6.49. The summed E-state index contributed by atoms with van der Waals surface area (Å²) in [6.45, 7) is 5.41. The summed E-state index contributed by atoms with van der Waals surface area (Å²) in [5, 5.41) is 11.4. The number of hydrogen-bond donors (Lipinski definition) is 2. The zero-order chi connectivity index (χ0) is 14.4. The van der Waals surface area contributed by atoms with Crippen LogP contribution in [0.5, 0.6) is 0 Å². The SMILES string of the molecule is CC(NC(=O)C(Cc1ccccc1)C(C)C)C(=O)O. The summed E-state index contributed by atoms with van der Waals surface area (Å²) in [6, 6.07) is 8.90. The number of carbonyl (C=O) groups is 2. The monoisotopic (exact) mass is 263 g/mol. The number of carboxylic acids is 1. The van der Waals surface area contributed by atoms with Gasteiger partial charge in [0.25, 0.3) is 0 Å².